The highest BCUT2D eigenvalue weighted by Gasteiger charge is 2.21. The largest absolute Gasteiger partial charge is 0.389 e. The van der Waals surface area contributed by atoms with Crippen molar-refractivity contribution in [3.8, 4) is 0 Å². The lowest BCUT2D eigenvalue weighted by Gasteiger charge is -2.15. The average Bonchev–Trinajstić information content (AvgIpc) is 2.15. The molecule has 0 aliphatic carbocycles. The predicted octanol–water partition coefficient (Wildman–Crippen LogP) is -0.340. The van der Waals surface area contributed by atoms with Crippen molar-refractivity contribution in [2.75, 3.05) is 0 Å². The number of pyridine rings is 1. The molecule has 0 saturated carbocycles. The maximum atomic E-state index is 10.5. The number of hydrogen-bond acceptors (Lipinski definition) is 4. The van der Waals surface area contributed by atoms with Crippen LogP contribution in [0.25, 0.3) is 0 Å². The molecule has 0 aliphatic heterocycles. The Hall–Kier alpha value is -1.46. The zero-order chi connectivity index (χ0) is 11.4. The number of amides is 1. The van der Waals surface area contributed by atoms with Crippen LogP contribution in [-0.4, -0.2) is 27.2 Å². The molecule has 15 heavy (non-hydrogen) atoms. The maximum absolute atomic E-state index is 10.5. The Morgan fingerprint density at radius 3 is 2.73 bits per heavy atom. The molecule has 0 radical (unpaired) electrons. The smallest absolute Gasteiger partial charge is 0.220 e. The summed E-state index contributed by atoms with van der Waals surface area (Å²) in [6.07, 6.45) is -2.68. The molecule has 1 aromatic heterocycles. The minimum Gasteiger partial charge on any atom is -0.389 e. The molecule has 5 heteroatoms. The molecule has 0 spiro atoms. The summed E-state index contributed by atoms with van der Waals surface area (Å²) in [5, 5.41) is 19.1. The molecular weight excluding hydrogens is 196 g/mol. The highest BCUT2D eigenvalue weighted by molar-refractivity contribution is 5.74. The van der Waals surface area contributed by atoms with Crippen LogP contribution in [0, 0.1) is 6.92 Å². The van der Waals surface area contributed by atoms with Gasteiger partial charge in [0.05, 0.1) is 18.2 Å². The molecule has 2 atom stereocenters. The fraction of sp³-hybridized carbons (Fsp3) is 0.400. The number of nitrogens with two attached hydrogens (primary N) is 1. The molecule has 0 bridgehead atoms. The summed E-state index contributed by atoms with van der Waals surface area (Å²) < 4.78 is 0. The van der Waals surface area contributed by atoms with Gasteiger partial charge >= 0.3 is 0 Å². The molecule has 0 saturated heterocycles. The van der Waals surface area contributed by atoms with E-state index in [-0.39, 0.29) is 6.42 Å². The Balaban J connectivity index is 2.75. The lowest BCUT2D eigenvalue weighted by Crippen LogP contribution is -2.26. The van der Waals surface area contributed by atoms with E-state index in [2.05, 4.69) is 4.98 Å². The van der Waals surface area contributed by atoms with Crippen molar-refractivity contribution < 1.29 is 15.0 Å². The number of hydrogen-bond donors (Lipinski definition) is 3. The lowest BCUT2D eigenvalue weighted by molar-refractivity contribution is -0.121. The molecule has 5 nitrogen and oxygen atoms in total. The molecule has 1 rings (SSSR count). The van der Waals surface area contributed by atoms with Gasteiger partial charge in [-0.15, -0.1) is 0 Å². The first-order valence-electron chi connectivity index (χ1n) is 4.58. The van der Waals surface area contributed by atoms with Crippen LogP contribution >= 0.6 is 0 Å². The van der Waals surface area contributed by atoms with Gasteiger partial charge < -0.3 is 15.9 Å². The fourth-order valence-electron chi connectivity index (χ4n) is 1.24. The molecule has 1 amide bonds. The topological polar surface area (TPSA) is 96.4 Å². The second-order valence-electron chi connectivity index (χ2n) is 3.39. The summed E-state index contributed by atoms with van der Waals surface area (Å²) in [4.78, 5) is 14.6. The van der Waals surface area contributed by atoms with Crippen LogP contribution in [0.5, 0.6) is 0 Å². The number of aliphatic hydroxyl groups excluding tert-OH is 2. The predicted molar refractivity (Wildman–Crippen MR) is 53.8 cm³/mol. The Kier molecular flexibility index (Phi) is 3.76. The fourth-order valence-corrected chi connectivity index (χ4v) is 1.24. The number of carbonyl (C=O) groups excluding carboxylic acids is 1. The Bertz CT molecular complexity index is 354. The highest BCUT2D eigenvalue weighted by atomic mass is 16.3. The second-order valence-corrected chi connectivity index (χ2v) is 3.39. The normalized spacial score (nSPS) is 14.6. The zero-order valence-corrected chi connectivity index (χ0v) is 8.42. The minimum atomic E-state index is -1.21. The summed E-state index contributed by atoms with van der Waals surface area (Å²) >= 11 is 0. The molecule has 1 heterocycles. The van der Waals surface area contributed by atoms with E-state index in [0.717, 1.165) is 5.69 Å². The molecule has 0 aromatic carbocycles. The summed E-state index contributed by atoms with van der Waals surface area (Å²) in [7, 11) is 0. The van der Waals surface area contributed by atoms with E-state index in [1.54, 1.807) is 25.1 Å². The van der Waals surface area contributed by atoms with Crippen molar-refractivity contribution in [1.29, 1.82) is 0 Å². The lowest BCUT2D eigenvalue weighted by atomic mass is 10.1. The first-order chi connectivity index (χ1) is 7.00. The number of carbonyl (C=O) groups is 1. The van der Waals surface area contributed by atoms with Gasteiger partial charge in [0, 0.05) is 5.69 Å². The second kappa shape index (κ2) is 4.86. The number of aliphatic hydroxyl groups is 2. The van der Waals surface area contributed by atoms with Crippen molar-refractivity contribution in [2.24, 2.45) is 5.73 Å². The Morgan fingerprint density at radius 1 is 1.53 bits per heavy atom. The third-order valence-corrected chi connectivity index (χ3v) is 1.99. The van der Waals surface area contributed by atoms with Crippen molar-refractivity contribution in [3.05, 3.63) is 29.6 Å². The standard InChI is InChI=1S/C10H14N2O3/c1-6-3-2-4-7(12-6)10(15)8(13)5-9(11)14/h2-4,8,10,13,15H,5H2,1H3,(H2,11,14). The van der Waals surface area contributed by atoms with Crippen LogP contribution in [0.4, 0.5) is 0 Å². The molecular formula is C10H14N2O3. The van der Waals surface area contributed by atoms with Gasteiger partial charge in [-0.3, -0.25) is 9.78 Å². The molecule has 0 aliphatic rings. The quantitative estimate of drug-likeness (QED) is 0.633. The first-order valence-corrected chi connectivity index (χ1v) is 4.58. The number of rotatable bonds is 4. The van der Waals surface area contributed by atoms with E-state index in [1.165, 1.54) is 0 Å². The molecule has 82 valence electrons. The van der Waals surface area contributed by atoms with Crippen LogP contribution in [0.2, 0.25) is 0 Å². The van der Waals surface area contributed by atoms with Gasteiger partial charge in [0.2, 0.25) is 5.91 Å². The Labute approximate surface area is 87.6 Å². The van der Waals surface area contributed by atoms with Crippen molar-refractivity contribution in [1.82, 2.24) is 4.98 Å². The third kappa shape index (κ3) is 3.30. The number of aromatic nitrogens is 1. The number of aryl methyl sites for hydroxylation is 1. The van der Waals surface area contributed by atoms with Crippen LogP contribution in [0.3, 0.4) is 0 Å². The number of nitrogens with zero attached hydrogens (tertiary/aromatic N) is 1. The molecule has 1 aromatic rings. The van der Waals surface area contributed by atoms with Gasteiger partial charge in [0.25, 0.3) is 0 Å². The summed E-state index contributed by atoms with van der Waals surface area (Å²) in [6, 6.07) is 5.08. The van der Waals surface area contributed by atoms with Crippen molar-refractivity contribution in [3.63, 3.8) is 0 Å². The van der Waals surface area contributed by atoms with Crippen LogP contribution in [0.15, 0.2) is 18.2 Å². The van der Waals surface area contributed by atoms with E-state index < -0.39 is 18.1 Å². The number of primary amides is 1. The van der Waals surface area contributed by atoms with Crippen molar-refractivity contribution >= 4 is 5.91 Å². The summed E-state index contributed by atoms with van der Waals surface area (Å²) in [5.41, 5.74) is 5.98. The van der Waals surface area contributed by atoms with Crippen LogP contribution in [-0.2, 0) is 4.79 Å². The highest BCUT2D eigenvalue weighted by Crippen LogP contribution is 2.16. The third-order valence-electron chi connectivity index (χ3n) is 1.99. The molecule has 0 fully saturated rings. The van der Waals surface area contributed by atoms with Gasteiger partial charge in [0.1, 0.15) is 6.10 Å². The Morgan fingerprint density at radius 2 is 2.20 bits per heavy atom. The van der Waals surface area contributed by atoms with Crippen LogP contribution < -0.4 is 5.73 Å². The SMILES string of the molecule is Cc1cccc(C(O)C(O)CC(N)=O)n1. The van der Waals surface area contributed by atoms with Gasteiger partial charge in [-0.1, -0.05) is 6.07 Å². The molecule has 4 N–H and O–H groups in total. The van der Waals surface area contributed by atoms with Gasteiger partial charge in [-0.05, 0) is 19.1 Å². The van der Waals surface area contributed by atoms with E-state index in [4.69, 9.17) is 5.73 Å². The van der Waals surface area contributed by atoms with Crippen molar-refractivity contribution in [2.45, 2.75) is 25.6 Å². The maximum Gasteiger partial charge on any atom is 0.220 e. The van der Waals surface area contributed by atoms with E-state index in [1.807, 2.05) is 0 Å². The minimum absolute atomic E-state index is 0.281. The summed E-state index contributed by atoms with van der Waals surface area (Å²) in [6.45, 7) is 1.77. The van der Waals surface area contributed by atoms with Gasteiger partial charge in [0.15, 0.2) is 0 Å². The van der Waals surface area contributed by atoms with E-state index in [9.17, 15) is 15.0 Å². The van der Waals surface area contributed by atoms with E-state index >= 15 is 0 Å². The van der Waals surface area contributed by atoms with E-state index in [0.29, 0.717) is 5.69 Å². The monoisotopic (exact) mass is 210 g/mol. The first kappa shape index (κ1) is 11.6. The van der Waals surface area contributed by atoms with Gasteiger partial charge in [-0.25, -0.2) is 0 Å². The van der Waals surface area contributed by atoms with Gasteiger partial charge in [-0.2, -0.15) is 0 Å². The summed E-state index contributed by atoms with van der Waals surface area (Å²) in [5.74, 6) is -0.658. The van der Waals surface area contributed by atoms with Crippen LogP contribution in [0.1, 0.15) is 23.9 Å². The molecule has 2 unspecified atom stereocenters. The zero-order valence-electron chi connectivity index (χ0n) is 8.42. The average molecular weight is 210 g/mol.